The Morgan fingerprint density at radius 2 is 2.38 bits per heavy atom. The number of nitrogens with zero attached hydrogens (tertiary/aromatic N) is 1. The summed E-state index contributed by atoms with van der Waals surface area (Å²) in [7, 11) is 0. The predicted octanol–water partition coefficient (Wildman–Crippen LogP) is 1.85. The van der Waals surface area contributed by atoms with Gasteiger partial charge < -0.3 is 15.0 Å². The Morgan fingerprint density at radius 1 is 1.44 bits per heavy atom. The normalized spacial score (nSPS) is 24.1. The Kier molecular flexibility index (Phi) is 2.44. The molecule has 1 saturated heterocycles. The fraction of sp³-hybridized carbons (Fsp3) is 0.500. The van der Waals surface area contributed by atoms with Crippen molar-refractivity contribution in [3.63, 3.8) is 0 Å². The quantitative estimate of drug-likeness (QED) is 0.725. The lowest BCUT2D eigenvalue weighted by molar-refractivity contribution is 0.0931. The van der Waals surface area contributed by atoms with E-state index in [0.717, 1.165) is 38.4 Å². The molecule has 0 saturated carbocycles. The van der Waals surface area contributed by atoms with Gasteiger partial charge in [0.15, 0.2) is 0 Å². The van der Waals surface area contributed by atoms with Crippen LogP contribution < -0.4 is 10.2 Å². The molecular weight excluding hydrogens is 207 g/mol. The molecule has 0 radical (unpaired) electrons. The number of rotatable bonds is 0. The number of hydrogen-bond donors (Lipinski definition) is 1. The lowest BCUT2D eigenvalue weighted by Gasteiger charge is -2.36. The minimum Gasteiger partial charge on any atom is -0.381 e. The summed E-state index contributed by atoms with van der Waals surface area (Å²) in [5.41, 5.74) is 1.62. The molecule has 4 heteroatoms. The highest BCUT2D eigenvalue weighted by Gasteiger charge is 2.28. The van der Waals surface area contributed by atoms with Gasteiger partial charge in [0, 0.05) is 13.1 Å². The van der Waals surface area contributed by atoms with E-state index in [-0.39, 0.29) is 5.82 Å². The van der Waals surface area contributed by atoms with Crippen molar-refractivity contribution in [2.24, 2.45) is 0 Å². The van der Waals surface area contributed by atoms with E-state index in [4.69, 9.17) is 4.74 Å². The van der Waals surface area contributed by atoms with Gasteiger partial charge in [0.1, 0.15) is 5.82 Å². The zero-order chi connectivity index (χ0) is 11.0. The van der Waals surface area contributed by atoms with Gasteiger partial charge in [-0.05, 0) is 18.6 Å². The van der Waals surface area contributed by atoms with Crippen molar-refractivity contribution in [3.8, 4) is 0 Å². The number of hydrogen-bond acceptors (Lipinski definition) is 3. The minimum absolute atomic E-state index is 0.162. The topological polar surface area (TPSA) is 24.5 Å². The summed E-state index contributed by atoms with van der Waals surface area (Å²) in [5.74, 6) is -0.162. The first-order valence-electron chi connectivity index (χ1n) is 5.73. The largest absolute Gasteiger partial charge is 0.381 e. The first-order valence-corrected chi connectivity index (χ1v) is 5.73. The number of anilines is 2. The summed E-state index contributed by atoms with van der Waals surface area (Å²) in [4.78, 5) is 2.27. The first-order chi connectivity index (χ1) is 7.86. The van der Waals surface area contributed by atoms with Crippen LogP contribution in [0.25, 0.3) is 0 Å². The number of fused-ring (bicyclic) bond motifs is 3. The number of halogens is 1. The highest BCUT2D eigenvalue weighted by Crippen LogP contribution is 2.33. The van der Waals surface area contributed by atoms with Crippen molar-refractivity contribution in [2.75, 3.05) is 36.5 Å². The van der Waals surface area contributed by atoms with Crippen LogP contribution in [0, 0.1) is 5.82 Å². The molecule has 0 spiro atoms. The average Bonchev–Trinajstić information content (AvgIpc) is 2.50. The molecule has 0 bridgehead atoms. The molecule has 0 aliphatic carbocycles. The van der Waals surface area contributed by atoms with Crippen LogP contribution in [0.5, 0.6) is 0 Å². The van der Waals surface area contributed by atoms with Gasteiger partial charge >= 0.3 is 0 Å². The second-order valence-electron chi connectivity index (χ2n) is 4.27. The fourth-order valence-corrected chi connectivity index (χ4v) is 2.50. The minimum atomic E-state index is -0.162. The number of nitrogens with one attached hydrogen (secondary N) is 1. The molecule has 2 heterocycles. The number of morpholine rings is 1. The van der Waals surface area contributed by atoms with Crippen LogP contribution in [0.2, 0.25) is 0 Å². The molecule has 86 valence electrons. The zero-order valence-corrected chi connectivity index (χ0v) is 9.08. The Morgan fingerprint density at radius 3 is 3.31 bits per heavy atom. The highest BCUT2D eigenvalue weighted by atomic mass is 19.1. The molecule has 16 heavy (non-hydrogen) atoms. The van der Waals surface area contributed by atoms with Crippen LogP contribution in [-0.2, 0) is 4.74 Å². The second-order valence-corrected chi connectivity index (χ2v) is 4.27. The number of benzene rings is 1. The van der Waals surface area contributed by atoms with Gasteiger partial charge in [0.2, 0.25) is 0 Å². The van der Waals surface area contributed by atoms with Crippen LogP contribution in [0.4, 0.5) is 15.8 Å². The summed E-state index contributed by atoms with van der Waals surface area (Å²) in [6.07, 6.45) is 0.994. The third-order valence-electron chi connectivity index (χ3n) is 3.31. The van der Waals surface area contributed by atoms with Crippen molar-refractivity contribution >= 4 is 11.4 Å². The maximum atomic E-state index is 13.7. The van der Waals surface area contributed by atoms with Gasteiger partial charge in [-0.2, -0.15) is 0 Å². The van der Waals surface area contributed by atoms with E-state index >= 15 is 0 Å². The van der Waals surface area contributed by atoms with E-state index in [9.17, 15) is 4.39 Å². The lowest BCUT2D eigenvalue weighted by atomic mass is 10.1. The molecule has 2 aliphatic heterocycles. The van der Waals surface area contributed by atoms with Crippen LogP contribution >= 0.6 is 0 Å². The summed E-state index contributed by atoms with van der Waals surface area (Å²) >= 11 is 0. The molecule has 3 rings (SSSR count). The van der Waals surface area contributed by atoms with Crippen LogP contribution in [-0.4, -0.2) is 32.3 Å². The highest BCUT2D eigenvalue weighted by molar-refractivity contribution is 5.72. The first kappa shape index (κ1) is 9.90. The molecule has 0 aromatic heterocycles. The molecule has 1 aromatic carbocycles. The monoisotopic (exact) mass is 222 g/mol. The third-order valence-corrected chi connectivity index (χ3v) is 3.31. The van der Waals surface area contributed by atoms with Gasteiger partial charge in [-0.25, -0.2) is 4.39 Å². The lowest BCUT2D eigenvalue weighted by Crippen LogP contribution is -2.45. The van der Waals surface area contributed by atoms with E-state index in [1.54, 1.807) is 6.07 Å². The Balaban J connectivity index is 2.04. The number of ether oxygens (including phenoxy) is 1. The average molecular weight is 222 g/mol. The summed E-state index contributed by atoms with van der Waals surface area (Å²) in [6.45, 7) is 3.13. The van der Waals surface area contributed by atoms with Crippen molar-refractivity contribution in [2.45, 2.75) is 12.5 Å². The van der Waals surface area contributed by atoms with Gasteiger partial charge in [0.25, 0.3) is 0 Å². The smallest absolute Gasteiger partial charge is 0.148 e. The van der Waals surface area contributed by atoms with E-state index in [1.165, 1.54) is 6.07 Å². The Hall–Kier alpha value is -1.29. The van der Waals surface area contributed by atoms with Crippen molar-refractivity contribution in [3.05, 3.63) is 24.0 Å². The third kappa shape index (κ3) is 1.53. The summed E-state index contributed by atoms with van der Waals surface area (Å²) in [6, 6.07) is 5.64. The van der Waals surface area contributed by atoms with Gasteiger partial charge in [-0.15, -0.1) is 0 Å². The number of para-hydroxylation sites is 1. The molecule has 1 atom stereocenters. The molecule has 3 nitrogen and oxygen atoms in total. The SMILES string of the molecule is Fc1cccc2c1NCCC1COCCN21. The molecule has 0 amide bonds. The molecule has 1 fully saturated rings. The van der Waals surface area contributed by atoms with Crippen LogP contribution in [0.15, 0.2) is 18.2 Å². The second kappa shape index (κ2) is 3.94. The predicted molar refractivity (Wildman–Crippen MR) is 61.5 cm³/mol. The molecule has 2 aliphatic rings. The summed E-state index contributed by atoms with van der Waals surface area (Å²) < 4.78 is 19.2. The van der Waals surface area contributed by atoms with Crippen LogP contribution in [0.3, 0.4) is 0 Å². The zero-order valence-electron chi connectivity index (χ0n) is 9.08. The molecule has 1 N–H and O–H groups in total. The van der Waals surface area contributed by atoms with Crippen LogP contribution in [0.1, 0.15) is 6.42 Å². The van der Waals surface area contributed by atoms with E-state index in [2.05, 4.69) is 10.2 Å². The van der Waals surface area contributed by atoms with Crippen molar-refractivity contribution in [1.82, 2.24) is 0 Å². The Bertz CT molecular complexity index is 397. The molecule has 1 unspecified atom stereocenters. The van der Waals surface area contributed by atoms with Crippen molar-refractivity contribution in [1.29, 1.82) is 0 Å². The molecule has 1 aromatic rings. The molecular formula is C12H15FN2O. The fourth-order valence-electron chi connectivity index (χ4n) is 2.50. The van der Waals surface area contributed by atoms with Gasteiger partial charge in [0.05, 0.1) is 30.6 Å². The summed E-state index contributed by atoms with van der Waals surface area (Å²) in [5, 5.41) is 3.18. The van der Waals surface area contributed by atoms with E-state index in [0.29, 0.717) is 11.7 Å². The van der Waals surface area contributed by atoms with E-state index < -0.39 is 0 Å². The Labute approximate surface area is 94.2 Å². The van der Waals surface area contributed by atoms with Gasteiger partial charge in [-0.3, -0.25) is 0 Å². The maximum Gasteiger partial charge on any atom is 0.148 e. The van der Waals surface area contributed by atoms with Gasteiger partial charge in [-0.1, -0.05) is 6.07 Å². The van der Waals surface area contributed by atoms with E-state index in [1.807, 2.05) is 6.07 Å². The standard InChI is InChI=1S/C12H15FN2O/c13-10-2-1-3-11-12(10)14-5-4-9-8-16-7-6-15(9)11/h1-3,9,14H,4-8H2. The maximum absolute atomic E-state index is 13.7. The van der Waals surface area contributed by atoms with Crippen molar-refractivity contribution < 1.29 is 9.13 Å².